The van der Waals surface area contributed by atoms with Crippen molar-refractivity contribution in [3.05, 3.63) is 23.8 Å². The lowest BCUT2D eigenvalue weighted by Crippen LogP contribution is -2.26. The molecule has 0 bridgehead atoms. The second kappa shape index (κ2) is 4.50. The first-order chi connectivity index (χ1) is 8.49. The molecule has 0 aromatic heterocycles. The van der Waals surface area contributed by atoms with Gasteiger partial charge in [-0.15, -0.1) is 0 Å². The van der Waals surface area contributed by atoms with Crippen LogP contribution in [0.2, 0.25) is 0 Å². The summed E-state index contributed by atoms with van der Waals surface area (Å²) >= 11 is 0. The molecule has 0 aliphatic carbocycles. The van der Waals surface area contributed by atoms with E-state index >= 15 is 0 Å². The fraction of sp³-hybridized carbons (Fsp3) is 0.417. The number of hydrogen-bond acceptors (Lipinski definition) is 4. The molecule has 1 saturated heterocycles. The van der Waals surface area contributed by atoms with E-state index in [1.54, 1.807) is 18.2 Å². The standard InChI is InChI=1S/C12H14N2O3S/c1-9-7-14(18(15,16)8-9)12-10(6-13)4-3-5-11(12)17-2/h3-5,9H,7-8H2,1-2H3. The zero-order valence-electron chi connectivity index (χ0n) is 10.3. The van der Waals surface area contributed by atoms with Gasteiger partial charge >= 0.3 is 0 Å². The van der Waals surface area contributed by atoms with E-state index in [0.717, 1.165) is 0 Å². The van der Waals surface area contributed by atoms with Crippen molar-refractivity contribution in [1.82, 2.24) is 0 Å². The van der Waals surface area contributed by atoms with Gasteiger partial charge in [0.1, 0.15) is 17.5 Å². The van der Waals surface area contributed by atoms with E-state index in [0.29, 0.717) is 23.5 Å². The van der Waals surface area contributed by atoms with Crippen molar-refractivity contribution in [2.24, 2.45) is 5.92 Å². The van der Waals surface area contributed by atoms with Crippen LogP contribution < -0.4 is 9.04 Å². The Bertz CT molecular complexity index is 604. The maximum absolute atomic E-state index is 12.1. The molecule has 0 amide bonds. The summed E-state index contributed by atoms with van der Waals surface area (Å²) < 4.78 is 30.6. The number of sulfonamides is 1. The van der Waals surface area contributed by atoms with E-state index < -0.39 is 10.0 Å². The van der Waals surface area contributed by atoms with E-state index in [4.69, 9.17) is 10.00 Å². The maximum Gasteiger partial charge on any atom is 0.235 e. The average Bonchev–Trinajstić information content (AvgIpc) is 2.61. The second-order valence-corrected chi connectivity index (χ2v) is 6.32. The first-order valence-corrected chi connectivity index (χ1v) is 7.18. The van der Waals surface area contributed by atoms with Gasteiger partial charge in [-0.2, -0.15) is 5.26 Å². The van der Waals surface area contributed by atoms with E-state index in [9.17, 15) is 8.42 Å². The fourth-order valence-corrected chi connectivity index (χ4v) is 4.12. The van der Waals surface area contributed by atoms with Gasteiger partial charge in [0, 0.05) is 6.54 Å². The zero-order chi connectivity index (χ0) is 13.3. The third-order valence-corrected chi connectivity index (χ3v) is 4.89. The molecule has 96 valence electrons. The van der Waals surface area contributed by atoms with Crippen LogP contribution in [0.3, 0.4) is 0 Å². The molecule has 1 atom stereocenters. The number of nitriles is 1. The lowest BCUT2D eigenvalue weighted by atomic mass is 10.1. The van der Waals surface area contributed by atoms with Crippen LogP contribution in [0.5, 0.6) is 5.75 Å². The Morgan fingerprint density at radius 3 is 2.72 bits per heavy atom. The van der Waals surface area contributed by atoms with Gasteiger partial charge in [-0.25, -0.2) is 8.42 Å². The molecule has 1 aromatic carbocycles. The highest BCUT2D eigenvalue weighted by Crippen LogP contribution is 2.37. The quantitative estimate of drug-likeness (QED) is 0.810. The third-order valence-electron chi connectivity index (χ3n) is 2.90. The number of methoxy groups -OCH3 is 1. The predicted molar refractivity (Wildman–Crippen MR) is 68.0 cm³/mol. The van der Waals surface area contributed by atoms with Gasteiger partial charge in [-0.05, 0) is 18.1 Å². The van der Waals surface area contributed by atoms with Gasteiger partial charge in [-0.1, -0.05) is 13.0 Å². The molecule has 1 aromatic rings. The molecule has 0 saturated carbocycles. The largest absolute Gasteiger partial charge is 0.495 e. The molecule has 0 spiro atoms. The minimum Gasteiger partial charge on any atom is -0.495 e. The second-order valence-electron chi connectivity index (χ2n) is 4.38. The van der Waals surface area contributed by atoms with E-state index in [-0.39, 0.29) is 11.7 Å². The number of hydrogen-bond donors (Lipinski definition) is 0. The third kappa shape index (κ3) is 2.02. The number of benzene rings is 1. The summed E-state index contributed by atoms with van der Waals surface area (Å²) in [6, 6.07) is 6.94. The number of ether oxygens (including phenoxy) is 1. The topological polar surface area (TPSA) is 70.4 Å². The molecular weight excluding hydrogens is 252 g/mol. The van der Waals surface area contributed by atoms with Crippen molar-refractivity contribution < 1.29 is 13.2 Å². The van der Waals surface area contributed by atoms with Gasteiger partial charge in [0.2, 0.25) is 10.0 Å². The van der Waals surface area contributed by atoms with Crippen LogP contribution in [0.4, 0.5) is 5.69 Å². The van der Waals surface area contributed by atoms with Crippen molar-refractivity contribution >= 4 is 15.7 Å². The summed E-state index contributed by atoms with van der Waals surface area (Å²) in [5.41, 5.74) is 0.666. The molecular formula is C12H14N2O3S. The van der Waals surface area contributed by atoms with Gasteiger partial charge < -0.3 is 4.74 Å². The van der Waals surface area contributed by atoms with Crippen LogP contribution in [-0.4, -0.2) is 27.8 Å². The van der Waals surface area contributed by atoms with Crippen molar-refractivity contribution in [1.29, 1.82) is 5.26 Å². The highest BCUT2D eigenvalue weighted by atomic mass is 32.2. The molecule has 18 heavy (non-hydrogen) atoms. The average molecular weight is 266 g/mol. The maximum atomic E-state index is 12.1. The lowest BCUT2D eigenvalue weighted by Gasteiger charge is -2.21. The molecule has 1 aliphatic heterocycles. The molecule has 0 radical (unpaired) electrons. The Labute approximate surface area is 107 Å². The lowest BCUT2D eigenvalue weighted by molar-refractivity contribution is 0.415. The van der Waals surface area contributed by atoms with Crippen molar-refractivity contribution in [2.45, 2.75) is 6.92 Å². The van der Waals surface area contributed by atoms with Gasteiger partial charge in [0.25, 0.3) is 0 Å². The fourth-order valence-electron chi connectivity index (χ4n) is 2.16. The van der Waals surface area contributed by atoms with Crippen molar-refractivity contribution in [2.75, 3.05) is 23.7 Å². The molecule has 1 unspecified atom stereocenters. The smallest absolute Gasteiger partial charge is 0.235 e. The Morgan fingerprint density at radius 2 is 2.22 bits per heavy atom. The van der Waals surface area contributed by atoms with Crippen molar-refractivity contribution in [3.63, 3.8) is 0 Å². The number of rotatable bonds is 2. The Morgan fingerprint density at radius 1 is 1.50 bits per heavy atom. The van der Waals surface area contributed by atoms with E-state index in [1.165, 1.54) is 11.4 Å². The Hall–Kier alpha value is -1.74. The summed E-state index contributed by atoms with van der Waals surface area (Å²) in [7, 11) is -1.89. The van der Waals surface area contributed by atoms with Crippen LogP contribution in [0, 0.1) is 17.2 Å². The molecule has 5 nitrogen and oxygen atoms in total. The van der Waals surface area contributed by atoms with Crippen LogP contribution in [0.15, 0.2) is 18.2 Å². The highest BCUT2D eigenvalue weighted by molar-refractivity contribution is 7.93. The monoisotopic (exact) mass is 266 g/mol. The van der Waals surface area contributed by atoms with Gasteiger partial charge in [0.05, 0.1) is 18.4 Å². The van der Waals surface area contributed by atoms with E-state index in [2.05, 4.69) is 0 Å². The first-order valence-electron chi connectivity index (χ1n) is 5.57. The SMILES string of the molecule is COc1cccc(C#N)c1N1CC(C)CS1(=O)=O. The Kier molecular flexibility index (Phi) is 3.18. The predicted octanol–water partition coefficient (Wildman–Crippen LogP) is 1.35. The van der Waals surface area contributed by atoms with Gasteiger partial charge in [0.15, 0.2) is 0 Å². The zero-order valence-corrected chi connectivity index (χ0v) is 11.1. The summed E-state index contributed by atoms with van der Waals surface area (Å²) in [5.74, 6) is 0.564. The van der Waals surface area contributed by atoms with Crippen LogP contribution in [0.25, 0.3) is 0 Å². The first kappa shape index (κ1) is 12.7. The van der Waals surface area contributed by atoms with Crippen molar-refractivity contribution in [3.8, 4) is 11.8 Å². The molecule has 1 aliphatic rings. The number of para-hydroxylation sites is 1. The van der Waals surface area contributed by atoms with Crippen LogP contribution in [-0.2, 0) is 10.0 Å². The molecule has 6 heteroatoms. The summed E-state index contributed by atoms with van der Waals surface area (Å²) in [4.78, 5) is 0. The number of nitrogens with zero attached hydrogens (tertiary/aromatic N) is 2. The van der Waals surface area contributed by atoms with Crippen LogP contribution >= 0.6 is 0 Å². The Balaban J connectivity index is 2.61. The van der Waals surface area contributed by atoms with E-state index in [1.807, 2.05) is 13.0 Å². The minimum atomic E-state index is -3.35. The van der Waals surface area contributed by atoms with Gasteiger partial charge in [-0.3, -0.25) is 4.31 Å². The molecule has 2 rings (SSSR count). The summed E-state index contributed by atoms with van der Waals surface area (Å²) in [5, 5.41) is 9.11. The highest BCUT2D eigenvalue weighted by Gasteiger charge is 2.36. The normalized spacial score (nSPS) is 21.6. The molecule has 1 fully saturated rings. The van der Waals surface area contributed by atoms with Crippen LogP contribution in [0.1, 0.15) is 12.5 Å². The minimum absolute atomic E-state index is 0.0476. The number of anilines is 1. The summed E-state index contributed by atoms with van der Waals surface area (Å²) in [6.45, 7) is 2.26. The summed E-state index contributed by atoms with van der Waals surface area (Å²) in [6.07, 6.45) is 0. The molecule has 1 heterocycles. The molecule has 0 N–H and O–H groups in total.